The average molecular weight is 557 g/mol. The van der Waals surface area contributed by atoms with Crippen LogP contribution in [0, 0.1) is 6.92 Å². The Morgan fingerprint density at radius 1 is 1.21 bits per heavy atom. The van der Waals surface area contributed by atoms with Gasteiger partial charge in [0.1, 0.15) is 0 Å². The van der Waals surface area contributed by atoms with Crippen LogP contribution in [0.25, 0.3) is 5.70 Å². The van der Waals surface area contributed by atoms with Gasteiger partial charge in [-0.1, -0.05) is 69.7 Å². The van der Waals surface area contributed by atoms with Gasteiger partial charge < -0.3 is 0 Å². The SMILES string of the molecule is Cc1ccc(C2C=C(c3ccc(Br)cc3)NN2C(=O)CSC2=NN3CCCC(=O)N=C3S2)cc1. The standard InChI is InChI=1S/C24H22BrN5O2S2/c1-15-4-6-17(7-5-15)20-13-19(16-8-10-18(25)11-9-16)27-30(20)22(32)14-33-24-28-29-12-2-3-21(31)26-23(29)34-24/h4-11,13,20,27H,2-3,12,14H2,1H3. The fourth-order valence-corrected chi connectivity index (χ4v) is 5.92. The highest BCUT2D eigenvalue weighted by molar-refractivity contribution is 9.10. The van der Waals surface area contributed by atoms with Crippen molar-refractivity contribution >= 4 is 66.5 Å². The number of hydrazine groups is 1. The first-order valence-electron chi connectivity index (χ1n) is 10.9. The van der Waals surface area contributed by atoms with Crippen molar-refractivity contribution in [2.75, 3.05) is 12.3 Å². The first-order chi connectivity index (χ1) is 16.5. The zero-order valence-electron chi connectivity index (χ0n) is 18.4. The average Bonchev–Trinajstić information content (AvgIpc) is 3.39. The van der Waals surface area contributed by atoms with Crippen molar-refractivity contribution in [1.29, 1.82) is 0 Å². The second-order valence-electron chi connectivity index (χ2n) is 8.09. The molecule has 3 aliphatic heterocycles. The molecule has 2 amide bonds. The van der Waals surface area contributed by atoms with Gasteiger partial charge in [0.25, 0.3) is 5.91 Å². The van der Waals surface area contributed by atoms with Crippen molar-refractivity contribution in [3.05, 3.63) is 75.8 Å². The Balaban J connectivity index is 1.32. The summed E-state index contributed by atoms with van der Waals surface area (Å²) >= 11 is 6.20. The minimum atomic E-state index is -0.220. The molecule has 174 valence electrons. The summed E-state index contributed by atoms with van der Waals surface area (Å²) in [5.74, 6) is 0.0520. The van der Waals surface area contributed by atoms with E-state index >= 15 is 0 Å². The summed E-state index contributed by atoms with van der Waals surface area (Å²) in [4.78, 5) is 29.2. The molecule has 0 bridgehead atoms. The third-order valence-electron chi connectivity index (χ3n) is 5.59. The number of nitrogens with zero attached hydrogens (tertiary/aromatic N) is 4. The molecule has 34 heavy (non-hydrogen) atoms. The van der Waals surface area contributed by atoms with Crippen LogP contribution in [0.2, 0.25) is 0 Å². The second-order valence-corrected chi connectivity index (χ2v) is 11.2. The van der Waals surface area contributed by atoms with E-state index in [0.717, 1.165) is 32.1 Å². The van der Waals surface area contributed by atoms with Crippen LogP contribution in [0.3, 0.4) is 0 Å². The van der Waals surface area contributed by atoms with E-state index in [2.05, 4.69) is 61.8 Å². The van der Waals surface area contributed by atoms with Gasteiger partial charge in [0.2, 0.25) is 5.91 Å². The molecule has 1 N–H and O–H groups in total. The van der Waals surface area contributed by atoms with Gasteiger partial charge in [-0.2, -0.15) is 10.1 Å². The Bertz CT molecular complexity index is 1210. The third-order valence-corrected chi connectivity index (χ3v) is 8.18. The summed E-state index contributed by atoms with van der Waals surface area (Å²) < 4.78 is 1.73. The van der Waals surface area contributed by atoms with Crippen LogP contribution in [0.15, 0.2) is 69.2 Å². The molecule has 0 fully saturated rings. The van der Waals surface area contributed by atoms with E-state index in [0.29, 0.717) is 18.1 Å². The van der Waals surface area contributed by atoms with Crippen LogP contribution in [0.1, 0.15) is 35.6 Å². The molecular formula is C24H22BrN5O2S2. The molecule has 2 aromatic carbocycles. The minimum absolute atomic E-state index is 0.0534. The number of fused-ring (bicyclic) bond motifs is 1. The molecule has 2 aromatic rings. The molecule has 0 saturated heterocycles. The number of thioether (sulfide) groups is 2. The predicted molar refractivity (Wildman–Crippen MR) is 142 cm³/mol. The lowest BCUT2D eigenvalue weighted by atomic mass is 10.0. The molecule has 10 heteroatoms. The highest BCUT2D eigenvalue weighted by Crippen LogP contribution is 2.34. The molecule has 1 atom stereocenters. The number of carbonyl (C=O) groups excluding carboxylic acids is 2. The molecular weight excluding hydrogens is 534 g/mol. The first kappa shape index (κ1) is 23.2. The number of hydrazone groups is 1. The Morgan fingerprint density at radius 2 is 1.97 bits per heavy atom. The van der Waals surface area contributed by atoms with E-state index < -0.39 is 0 Å². The molecule has 0 spiro atoms. The van der Waals surface area contributed by atoms with E-state index in [4.69, 9.17) is 0 Å². The summed E-state index contributed by atoms with van der Waals surface area (Å²) in [7, 11) is 0. The molecule has 0 radical (unpaired) electrons. The van der Waals surface area contributed by atoms with Crippen LogP contribution >= 0.6 is 39.5 Å². The number of carbonyl (C=O) groups is 2. The fraction of sp³-hybridized carbons (Fsp3) is 0.250. The lowest BCUT2D eigenvalue weighted by Gasteiger charge is -2.25. The van der Waals surface area contributed by atoms with Gasteiger partial charge in [0.05, 0.1) is 17.5 Å². The Hall–Kier alpha value is -2.56. The maximum absolute atomic E-state index is 13.3. The third kappa shape index (κ3) is 5.08. The van der Waals surface area contributed by atoms with E-state index in [1.165, 1.54) is 29.1 Å². The number of aliphatic imine (C=N–C) groups is 1. The van der Waals surface area contributed by atoms with Crippen molar-refractivity contribution in [3.63, 3.8) is 0 Å². The first-order valence-corrected chi connectivity index (χ1v) is 13.5. The van der Waals surface area contributed by atoms with Crippen molar-refractivity contribution in [1.82, 2.24) is 15.4 Å². The van der Waals surface area contributed by atoms with Gasteiger partial charge in [-0.15, -0.1) is 0 Å². The van der Waals surface area contributed by atoms with Gasteiger partial charge in [-0.05, 0) is 54.4 Å². The van der Waals surface area contributed by atoms with Crippen molar-refractivity contribution < 1.29 is 9.59 Å². The summed E-state index contributed by atoms with van der Waals surface area (Å²) in [6.07, 6.45) is 3.27. The lowest BCUT2D eigenvalue weighted by molar-refractivity contribution is -0.131. The summed E-state index contributed by atoms with van der Waals surface area (Å²) in [5.41, 5.74) is 7.43. The summed E-state index contributed by atoms with van der Waals surface area (Å²) in [6.45, 7) is 2.71. The van der Waals surface area contributed by atoms with E-state index in [9.17, 15) is 9.59 Å². The molecule has 7 nitrogen and oxygen atoms in total. The van der Waals surface area contributed by atoms with Crippen LogP contribution < -0.4 is 5.43 Å². The smallest absolute Gasteiger partial charge is 0.252 e. The maximum atomic E-state index is 13.3. The number of hydrogen-bond acceptors (Lipinski definition) is 7. The molecule has 0 saturated carbocycles. The van der Waals surface area contributed by atoms with Crippen LogP contribution in [0.4, 0.5) is 0 Å². The van der Waals surface area contributed by atoms with Crippen molar-refractivity contribution in [2.45, 2.75) is 25.8 Å². The molecule has 5 rings (SSSR count). The van der Waals surface area contributed by atoms with Crippen molar-refractivity contribution in [3.8, 4) is 0 Å². The zero-order chi connectivity index (χ0) is 23.7. The van der Waals surface area contributed by atoms with E-state index in [1.54, 1.807) is 10.0 Å². The molecule has 3 aliphatic rings. The minimum Gasteiger partial charge on any atom is -0.295 e. The Kier molecular flexibility index (Phi) is 6.80. The number of halogens is 1. The zero-order valence-corrected chi connectivity index (χ0v) is 21.6. The van der Waals surface area contributed by atoms with Crippen LogP contribution in [0.5, 0.6) is 0 Å². The topological polar surface area (TPSA) is 77.4 Å². The number of benzene rings is 2. The predicted octanol–water partition coefficient (Wildman–Crippen LogP) is 4.92. The second kappa shape index (κ2) is 9.97. The van der Waals surface area contributed by atoms with Gasteiger partial charge in [-0.3, -0.25) is 15.0 Å². The Morgan fingerprint density at radius 3 is 2.74 bits per heavy atom. The highest BCUT2D eigenvalue weighted by atomic mass is 79.9. The normalized spacial score (nSPS) is 19.8. The number of aryl methyl sites for hydroxylation is 1. The number of amides is 2. The lowest BCUT2D eigenvalue weighted by Crippen LogP contribution is -2.40. The van der Waals surface area contributed by atoms with Gasteiger partial charge in [0, 0.05) is 17.4 Å². The largest absolute Gasteiger partial charge is 0.295 e. The van der Waals surface area contributed by atoms with E-state index in [1.807, 2.05) is 31.2 Å². The van der Waals surface area contributed by atoms with Gasteiger partial charge >= 0.3 is 0 Å². The monoisotopic (exact) mass is 555 g/mol. The fourth-order valence-electron chi connectivity index (χ4n) is 3.80. The van der Waals surface area contributed by atoms with Gasteiger partial charge in [-0.25, -0.2) is 10.0 Å². The summed E-state index contributed by atoms with van der Waals surface area (Å²) in [5, 5.41) is 8.60. The number of hydrogen-bond donors (Lipinski definition) is 1. The highest BCUT2D eigenvalue weighted by Gasteiger charge is 2.32. The molecule has 0 aliphatic carbocycles. The molecule has 0 aromatic heterocycles. The maximum Gasteiger partial charge on any atom is 0.252 e. The van der Waals surface area contributed by atoms with Crippen LogP contribution in [-0.2, 0) is 9.59 Å². The summed E-state index contributed by atoms with van der Waals surface area (Å²) in [6, 6.07) is 16.0. The molecule has 1 unspecified atom stereocenters. The van der Waals surface area contributed by atoms with Crippen LogP contribution in [-0.4, -0.2) is 43.7 Å². The molecule has 3 heterocycles. The Labute approximate surface area is 214 Å². The van der Waals surface area contributed by atoms with Gasteiger partial charge in [0.15, 0.2) is 9.54 Å². The number of rotatable bonds is 4. The van der Waals surface area contributed by atoms with E-state index in [-0.39, 0.29) is 23.6 Å². The number of nitrogens with one attached hydrogen (secondary N) is 1. The van der Waals surface area contributed by atoms with Crippen molar-refractivity contribution in [2.24, 2.45) is 10.1 Å². The number of amidine groups is 1. The quantitative estimate of drug-likeness (QED) is 0.577.